The lowest BCUT2D eigenvalue weighted by molar-refractivity contribution is 0.379. The number of benzene rings is 2. The van der Waals surface area contributed by atoms with Gasteiger partial charge < -0.3 is 0 Å². The van der Waals surface area contributed by atoms with E-state index in [0.717, 1.165) is 0 Å². The van der Waals surface area contributed by atoms with E-state index in [0.29, 0.717) is 5.56 Å². The molecule has 2 aromatic rings. The molecule has 0 aliphatic heterocycles. The Hall–Kier alpha value is -2.02. The van der Waals surface area contributed by atoms with E-state index in [4.69, 9.17) is 4.55 Å². The number of rotatable bonds is 5. The highest BCUT2D eigenvalue weighted by atomic mass is 32.2. The predicted molar refractivity (Wildman–Crippen MR) is 76.6 cm³/mol. The molecule has 2 N–H and O–H groups in total. The highest BCUT2D eigenvalue weighted by Crippen LogP contribution is 2.30. The van der Waals surface area contributed by atoms with Crippen molar-refractivity contribution in [3.8, 4) is 0 Å². The summed E-state index contributed by atoms with van der Waals surface area (Å²) in [4.78, 5) is -4.35. The third kappa shape index (κ3) is 3.81. The van der Waals surface area contributed by atoms with Crippen molar-refractivity contribution in [2.24, 2.45) is 0 Å². The minimum atomic E-state index is -5.67. The van der Waals surface area contributed by atoms with Gasteiger partial charge in [0, 0.05) is 6.54 Å². The molecule has 0 bridgehead atoms. The minimum Gasteiger partial charge on any atom is -0.282 e. The maximum Gasteiger partial charge on any atom is 0.300 e. The average molecular weight is 399 g/mol. The van der Waals surface area contributed by atoms with E-state index in [9.17, 15) is 34.4 Å². The lowest BCUT2D eigenvalue weighted by Gasteiger charge is -2.12. The maximum atomic E-state index is 13.9. The van der Waals surface area contributed by atoms with Gasteiger partial charge in [-0.2, -0.15) is 8.42 Å². The van der Waals surface area contributed by atoms with Gasteiger partial charge in [-0.25, -0.2) is 30.7 Å². The van der Waals surface area contributed by atoms with Gasteiger partial charge in [0.25, 0.3) is 0 Å². The molecule has 0 spiro atoms. The summed E-state index contributed by atoms with van der Waals surface area (Å²) >= 11 is 0. The van der Waals surface area contributed by atoms with Crippen LogP contribution in [0.1, 0.15) is 5.56 Å². The number of hydrogen-bond acceptors (Lipinski definition) is 4. The van der Waals surface area contributed by atoms with Crippen molar-refractivity contribution in [1.29, 1.82) is 0 Å². The fourth-order valence-electron chi connectivity index (χ4n) is 1.90. The van der Waals surface area contributed by atoms with Crippen molar-refractivity contribution >= 4 is 20.1 Å². The zero-order valence-corrected chi connectivity index (χ0v) is 13.6. The second kappa shape index (κ2) is 6.71. The SMILES string of the molecule is O=S(=O)(O)c1c(F)c(F)c(S(=O)(=O)NCc2ccccc2)c(F)c1F. The smallest absolute Gasteiger partial charge is 0.282 e. The highest BCUT2D eigenvalue weighted by Gasteiger charge is 2.37. The predicted octanol–water partition coefficient (Wildman–Crippen LogP) is 1.97. The molecule has 0 atom stereocenters. The monoisotopic (exact) mass is 399 g/mol. The fraction of sp³-hybridized carbons (Fsp3) is 0.0769. The Morgan fingerprint density at radius 2 is 1.24 bits per heavy atom. The van der Waals surface area contributed by atoms with Crippen LogP contribution in [-0.4, -0.2) is 21.4 Å². The van der Waals surface area contributed by atoms with Crippen molar-refractivity contribution in [3.63, 3.8) is 0 Å². The molecule has 0 unspecified atom stereocenters. The first-order chi connectivity index (χ1) is 11.5. The molecule has 0 aliphatic carbocycles. The van der Waals surface area contributed by atoms with Gasteiger partial charge in [-0.05, 0) is 5.56 Å². The molecule has 0 fully saturated rings. The van der Waals surface area contributed by atoms with Crippen LogP contribution in [0, 0.1) is 23.3 Å². The molecule has 0 radical (unpaired) electrons. The third-order valence-electron chi connectivity index (χ3n) is 3.02. The van der Waals surface area contributed by atoms with Crippen molar-refractivity contribution in [3.05, 3.63) is 59.2 Å². The van der Waals surface area contributed by atoms with Gasteiger partial charge in [0.05, 0.1) is 0 Å². The number of nitrogens with one attached hydrogen (secondary N) is 1. The number of halogens is 4. The minimum absolute atomic E-state index is 0.377. The van der Waals surface area contributed by atoms with Gasteiger partial charge in [0.15, 0.2) is 33.1 Å². The van der Waals surface area contributed by atoms with E-state index in [1.807, 2.05) is 0 Å². The van der Waals surface area contributed by atoms with Crippen LogP contribution < -0.4 is 4.72 Å². The van der Waals surface area contributed by atoms with Crippen LogP contribution in [-0.2, 0) is 26.7 Å². The molecule has 12 heteroatoms. The lowest BCUT2D eigenvalue weighted by Crippen LogP contribution is -2.27. The van der Waals surface area contributed by atoms with Crippen LogP contribution in [0.2, 0.25) is 0 Å². The second-order valence-corrected chi connectivity index (χ2v) is 7.76. The van der Waals surface area contributed by atoms with Gasteiger partial charge in [-0.15, -0.1) is 0 Å². The molecule has 6 nitrogen and oxygen atoms in total. The van der Waals surface area contributed by atoms with Gasteiger partial charge >= 0.3 is 10.1 Å². The zero-order chi connectivity index (χ0) is 19.0. The topological polar surface area (TPSA) is 101 Å². The Morgan fingerprint density at radius 1 is 0.800 bits per heavy atom. The van der Waals surface area contributed by atoms with Crippen LogP contribution in [0.15, 0.2) is 40.1 Å². The molecular formula is C13H9F4NO5S2. The van der Waals surface area contributed by atoms with E-state index >= 15 is 0 Å². The molecule has 0 aromatic heterocycles. The molecule has 0 saturated carbocycles. The number of sulfonamides is 1. The van der Waals surface area contributed by atoms with Crippen LogP contribution in [0.25, 0.3) is 0 Å². The summed E-state index contributed by atoms with van der Waals surface area (Å²) in [7, 11) is -10.8. The fourth-order valence-corrected chi connectivity index (χ4v) is 3.68. The van der Waals surface area contributed by atoms with Crippen molar-refractivity contribution in [2.75, 3.05) is 0 Å². The standard InChI is InChI=1S/C13H9F4NO5S2/c14-8-10(16)13(25(21,22)23)11(17)9(15)12(8)24(19,20)18-6-7-4-2-1-3-5-7/h1-5,18H,6H2,(H,21,22,23). The van der Waals surface area contributed by atoms with E-state index in [-0.39, 0.29) is 0 Å². The van der Waals surface area contributed by atoms with Gasteiger partial charge in [0.1, 0.15) is 0 Å². The zero-order valence-electron chi connectivity index (χ0n) is 12.0. The van der Waals surface area contributed by atoms with Gasteiger partial charge in [-0.3, -0.25) is 4.55 Å². The Bertz CT molecular complexity index is 995. The Kier molecular flexibility index (Phi) is 5.18. The first kappa shape index (κ1) is 19.3. The van der Waals surface area contributed by atoms with E-state index in [2.05, 4.69) is 0 Å². The third-order valence-corrected chi connectivity index (χ3v) is 5.31. The summed E-state index contributed by atoms with van der Waals surface area (Å²) in [6.07, 6.45) is 0. The van der Waals surface area contributed by atoms with Crippen molar-refractivity contribution < 1.29 is 39.0 Å². The summed E-state index contributed by atoms with van der Waals surface area (Å²) < 4.78 is 111. The van der Waals surface area contributed by atoms with E-state index < -0.39 is 59.7 Å². The summed E-state index contributed by atoms with van der Waals surface area (Å²) in [5.74, 6) is -10.1. The summed E-state index contributed by atoms with van der Waals surface area (Å²) in [6, 6.07) is 7.65. The van der Waals surface area contributed by atoms with Crippen LogP contribution in [0.3, 0.4) is 0 Å². The normalized spacial score (nSPS) is 12.4. The largest absolute Gasteiger partial charge is 0.300 e. The maximum absolute atomic E-state index is 13.9. The first-order valence-electron chi connectivity index (χ1n) is 6.34. The highest BCUT2D eigenvalue weighted by molar-refractivity contribution is 7.89. The quantitative estimate of drug-likeness (QED) is 0.455. The molecule has 2 aromatic carbocycles. The van der Waals surface area contributed by atoms with Crippen LogP contribution in [0.4, 0.5) is 17.6 Å². The molecule has 0 aliphatic rings. The Balaban J connectivity index is 2.55. The van der Waals surface area contributed by atoms with Crippen molar-refractivity contribution in [1.82, 2.24) is 4.72 Å². The average Bonchev–Trinajstić information content (AvgIpc) is 2.51. The summed E-state index contributed by atoms with van der Waals surface area (Å²) in [5.41, 5.74) is 0.377. The summed E-state index contributed by atoms with van der Waals surface area (Å²) in [6.45, 7) is -0.453. The van der Waals surface area contributed by atoms with Crippen molar-refractivity contribution in [2.45, 2.75) is 16.3 Å². The van der Waals surface area contributed by atoms with Crippen LogP contribution in [0.5, 0.6) is 0 Å². The number of hydrogen-bond donors (Lipinski definition) is 2. The van der Waals surface area contributed by atoms with E-state index in [1.165, 1.54) is 12.1 Å². The molecule has 0 amide bonds. The Labute approximate surface area is 139 Å². The van der Waals surface area contributed by atoms with Gasteiger partial charge in [-0.1, -0.05) is 30.3 Å². The molecule has 136 valence electrons. The first-order valence-corrected chi connectivity index (χ1v) is 9.26. The molecule has 25 heavy (non-hydrogen) atoms. The van der Waals surface area contributed by atoms with E-state index in [1.54, 1.807) is 22.9 Å². The molecule has 0 saturated heterocycles. The lowest BCUT2D eigenvalue weighted by atomic mass is 10.2. The molecule has 2 rings (SSSR count). The second-order valence-electron chi connectivity index (χ2n) is 4.70. The Morgan fingerprint density at radius 3 is 1.68 bits per heavy atom. The van der Waals surface area contributed by atoms with Crippen LogP contribution >= 0.6 is 0 Å². The van der Waals surface area contributed by atoms with Gasteiger partial charge in [0.2, 0.25) is 10.0 Å². The molecule has 0 heterocycles. The molecular weight excluding hydrogens is 390 g/mol. The summed E-state index contributed by atoms with van der Waals surface area (Å²) in [5, 5.41) is 0.